The Morgan fingerprint density at radius 1 is 1.27 bits per heavy atom. The molecule has 1 aliphatic rings. The molecule has 2 aromatic heterocycles. The number of unbranched alkanes of at least 4 members (excludes halogenated alkanes) is 1. The van der Waals surface area contributed by atoms with E-state index in [4.69, 9.17) is 9.97 Å². The van der Waals surface area contributed by atoms with Crippen molar-refractivity contribution in [2.24, 2.45) is 0 Å². The van der Waals surface area contributed by atoms with E-state index in [0.717, 1.165) is 55.7 Å². The summed E-state index contributed by atoms with van der Waals surface area (Å²) in [6, 6.07) is 2.25. The van der Waals surface area contributed by atoms with Crippen LogP contribution in [0.2, 0.25) is 0 Å². The molecule has 22 heavy (non-hydrogen) atoms. The highest BCUT2D eigenvalue weighted by Crippen LogP contribution is 2.31. The van der Waals surface area contributed by atoms with Crippen LogP contribution in [0.1, 0.15) is 31.6 Å². The molecule has 1 saturated heterocycles. The van der Waals surface area contributed by atoms with Crippen molar-refractivity contribution < 1.29 is 0 Å². The van der Waals surface area contributed by atoms with Gasteiger partial charge in [-0.15, -0.1) is 11.3 Å². The third kappa shape index (κ3) is 3.33. The lowest BCUT2D eigenvalue weighted by atomic mass is 10.3. The summed E-state index contributed by atoms with van der Waals surface area (Å²) < 4.78 is 0. The van der Waals surface area contributed by atoms with Crippen molar-refractivity contribution in [3.8, 4) is 0 Å². The second kappa shape index (κ2) is 7.24. The van der Waals surface area contributed by atoms with Crippen molar-refractivity contribution >= 4 is 33.3 Å². The summed E-state index contributed by atoms with van der Waals surface area (Å²) in [5, 5.41) is 8.08. The first-order chi connectivity index (χ1) is 10.8. The summed E-state index contributed by atoms with van der Waals surface area (Å²) in [6.45, 7) is 9.34. The fourth-order valence-corrected chi connectivity index (χ4v) is 3.62. The minimum atomic E-state index is 0.873. The Morgan fingerprint density at radius 3 is 2.82 bits per heavy atom. The van der Waals surface area contributed by atoms with Gasteiger partial charge in [0.2, 0.25) is 5.95 Å². The topological polar surface area (TPSA) is 53.1 Å². The second-order valence-corrected chi connectivity index (χ2v) is 6.79. The lowest BCUT2D eigenvalue weighted by Crippen LogP contribution is -2.44. The average Bonchev–Trinajstić information content (AvgIpc) is 2.99. The van der Waals surface area contributed by atoms with Gasteiger partial charge in [0.05, 0.1) is 5.39 Å². The van der Waals surface area contributed by atoms with Crippen LogP contribution < -0.4 is 15.5 Å². The molecule has 0 atom stereocenters. The fourth-order valence-electron chi connectivity index (χ4n) is 2.66. The van der Waals surface area contributed by atoms with E-state index in [-0.39, 0.29) is 0 Å². The van der Waals surface area contributed by atoms with E-state index in [1.165, 1.54) is 23.1 Å². The van der Waals surface area contributed by atoms with Crippen LogP contribution >= 0.6 is 11.3 Å². The molecule has 0 amide bonds. The average molecular weight is 319 g/mol. The van der Waals surface area contributed by atoms with Crippen molar-refractivity contribution in [3.63, 3.8) is 0 Å². The first-order valence-electron chi connectivity index (χ1n) is 8.31. The van der Waals surface area contributed by atoms with Crippen LogP contribution in [0.4, 0.5) is 11.8 Å². The number of aryl methyl sites for hydroxylation is 1. The van der Waals surface area contributed by atoms with E-state index in [2.05, 4.69) is 35.4 Å². The highest BCUT2D eigenvalue weighted by Gasteiger charge is 2.17. The van der Waals surface area contributed by atoms with Gasteiger partial charge in [-0.2, -0.15) is 4.98 Å². The summed E-state index contributed by atoms with van der Waals surface area (Å²) in [6.07, 6.45) is 3.41. The Balaban J connectivity index is 1.94. The molecular formula is C16H25N5S. The van der Waals surface area contributed by atoms with Gasteiger partial charge in [0.25, 0.3) is 0 Å². The first kappa shape index (κ1) is 15.5. The molecular weight excluding hydrogens is 294 g/mol. The zero-order valence-corrected chi connectivity index (χ0v) is 14.3. The molecule has 0 bridgehead atoms. The summed E-state index contributed by atoms with van der Waals surface area (Å²) in [7, 11) is 0. The SMILES string of the molecule is CCCCNc1nc(N2CCNCC2)nc2sc(CC)cc12. The number of hydrogen-bond donors (Lipinski definition) is 2. The summed E-state index contributed by atoms with van der Waals surface area (Å²) in [4.78, 5) is 14.4. The number of nitrogens with one attached hydrogen (secondary N) is 2. The number of anilines is 2. The van der Waals surface area contributed by atoms with E-state index < -0.39 is 0 Å². The highest BCUT2D eigenvalue weighted by molar-refractivity contribution is 7.18. The molecule has 0 unspecified atom stereocenters. The molecule has 120 valence electrons. The van der Waals surface area contributed by atoms with E-state index >= 15 is 0 Å². The third-order valence-electron chi connectivity index (χ3n) is 4.00. The van der Waals surface area contributed by atoms with Crippen LogP contribution in [0.25, 0.3) is 10.2 Å². The maximum absolute atomic E-state index is 4.83. The molecule has 6 heteroatoms. The number of piperazine rings is 1. The van der Waals surface area contributed by atoms with E-state index in [1.807, 2.05) is 0 Å². The van der Waals surface area contributed by atoms with Crippen LogP contribution in [0.5, 0.6) is 0 Å². The quantitative estimate of drug-likeness (QED) is 0.802. The molecule has 3 rings (SSSR count). The number of aromatic nitrogens is 2. The minimum Gasteiger partial charge on any atom is -0.369 e. The van der Waals surface area contributed by atoms with Crippen LogP contribution in [0.3, 0.4) is 0 Å². The number of thiophene rings is 1. The molecule has 2 aromatic rings. The number of hydrogen-bond acceptors (Lipinski definition) is 6. The summed E-state index contributed by atoms with van der Waals surface area (Å²) >= 11 is 1.80. The van der Waals surface area contributed by atoms with Crippen molar-refractivity contribution in [3.05, 3.63) is 10.9 Å². The van der Waals surface area contributed by atoms with Crippen LogP contribution in [-0.4, -0.2) is 42.7 Å². The second-order valence-electron chi connectivity index (χ2n) is 5.67. The molecule has 0 saturated carbocycles. The maximum Gasteiger partial charge on any atom is 0.228 e. The van der Waals surface area contributed by atoms with E-state index in [0.29, 0.717) is 0 Å². The number of nitrogens with zero attached hydrogens (tertiary/aromatic N) is 3. The molecule has 0 aromatic carbocycles. The summed E-state index contributed by atoms with van der Waals surface area (Å²) in [5.74, 6) is 1.88. The molecule has 3 heterocycles. The van der Waals surface area contributed by atoms with Crippen molar-refractivity contribution in [2.45, 2.75) is 33.1 Å². The van der Waals surface area contributed by atoms with Gasteiger partial charge >= 0.3 is 0 Å². The molecule has 1 fully saturated rings. The highest BCUT2D eigenvalue weighted by atomic mass is 32.1. The van der Waals surface area contributed by atoms with Gasteiger partial charge in [-0.1, -0.05) is 20.3 Å². The Labute approximate surface area is 136 Å². The monoisotopic (exact) mass is 319 g/mol. The number of fused-ring (bicyclic) bond motifs is 1. The Kier molecular flexibility index (Phi) is 5.10. The lowest BCUT2D eigenvalue weighted by molar-refractivity contribution is 0.581. The van der Waals surface area contributed by atoms with Gasteiger partial charge in [0.15, 0.2) is 0 Å². The molecule has 5 nitrogen and oxygen atoms in total. The fraction of sp³-hybridized carbons (Fsp3) is 0.625. The minimum absolute atomic E-state index is 0.873. The Hall–Kier alpha value is -1.40. The van der Waals surface area contributed by atoms with Gasteiger partial charge in [0, 0.05) is 37.6 Å². The molecule has 2 N–H and O–H groups in total. The molecule has 0 aliphatic carbocycles. The molecule has 1 aliphatic heterocycles. The van der Waals surface area contributed by atoms with Crippen LogP contribution in [0, 0.1) is 0 Å². The Morgan fingerprint density at radius 2 is 2.09 bits per heavy atom. The first-order valence-corrected chi connectivity index (χ1v) is 9.13. The van der Waals surface area contributed by atoms with Gasteiger partial charge in [-0.25, -0.2) is 4.98 Å². The van der Waals surface area contributed by atoms with Gasteiger partial charge in [0.1, 0.15) is 10.6 Å². The zero-order chi connectivity index (χ0) is 15.4. The van der Waals surface area contributed by atoms with E-state index in [1.54, 1.807) is 11.3 Å². The smallest absolute Gasteiger partial charge is 0.228 e. The maximum atomic E-state index is 4.83. The van der Waals surface area contributed by atoms with Gasteiger partial charge in [-0.3, -0.25) is 0 Å². The lowest BCUT2D eigenvalue weighted by Gasteiger charge is -2.27. The number of rotatable bonds is 6. The van der Waals surface area contributed by atoms with Gasteiger partial charge < -0.3 is 15.5 Å². The molecule has 0 radical (unpaired) electrons. The normalized spacial score (nSPS) is 15.5. The predicted octanol–water partition coefficient (Wildman–Crippen LogP) is 2.88. The van der Waals surface area contributed by atoms with E-state index in [9.17, 15) is 0 Å². The Bertz CT molecular complexity index is 618. The summed E-state index contributed by atoms with van der Waals surface area (Å²) in [5.41, 5.74) is 0. The zero-order valence-electron chi connectivity index (χ0n) is 13.5. The van der Waals surface area contributed by atoms with Crippen molar-refractivity contribution in [1.29, 1.82) is 0 Å². The van der Waals surface area contributed by atoms with Crippen LogP contribution in [-0.2, 0) is 6.42 Å². The van der Waals surface area contributed by atoms with Crippen molar-refractivity contribution in [2.75, 3.05) is 42.9 Å². The van der Waals surface area contributed by atoms with Crippen LogP contribution in [0.15, 0.2) is 6.07 Å². The predicted molar refractivity (Wildman–Crippen MR) is 95.3 cm³/mol. The van der Waals surface area contributed by atoms with Gasteiger partial charge in [-0.05, 0) is 18.9 Å². The standard InChI is InChI=1S/C16H25N5S/c1-3-5-6-18-14-13-11-12(4-2)22-15(13)20-16(19-14)21-9-7-17-8-10-21/h11,17H,3-10H2,1-2H3,(H,18,19,20). The van der Waals surface area contributed by atoms with Crippen molar-refractivity contribution in [1.82, 2.24) is 15.3 Å². The molecule has 0 spiro atoms. The third-order valence-corrected chi connectivity index (χ3v) is 5.18. The largest absolute Gasteiger partial charge is 0.369 e.